The van der Waals surface area contributed by atoms with Crippen LogP contribution in [0.15, 0.2) is 0 Å². The highest BCUT2D eigenvalue weighted by atomic mass is 16.5. The Kier molecular flexibility index (Phi) is 7.09. The van der Waals surface area contributed by atoms with Crippen LogP contribution in [0, 0.1) is 0 Å². The van der Waals surface area contributed by atoms with E-state index in [0.29, 0.717) is 6.04 Å². The Balaban J connectivity index is 0.000000492. The van der Waals surface area contributed by atoms with E-state index < -0.39 is 0 Å². The SMILES string of the molecule is CCC.CCCC1CC[N+]2=C(N1)NC(OC)CC2. The van der Waals surface area contributed by atoms with Gasteiger partial charge < -0.3 is 4.74 Å². The van der Waals surface area contributed by atoms with Crippen molar-refractivity contribution in [3.63, 3.8) is 0 Å². The van der Waals surface area contributed by atoms with Gasteiger partial charge in [0, 0.05) is 20.0 Å². The van der Waals surface area contributed by atoms with E-state index >= 15 is 0 Å². The predicted molar refractivity (Wildman–Crippen MR) is 76.0 cm³/mol. The summed E-state index contributed by atoms with van der Waals surface area (Å²) in [6.45, 7) is 8.77. The second-order valence-corrected chi connectivity index (χ2v) is 5.12. The van der Waals surface area contributed by atoms with Crippen LogP contribution in [0.25, 0.3) is 0 Å². The van der Waals surface area contributed by atoms with Crippen LogP contribution in [-0.4, -0.2) is 43.0 Å². The van der Waals surface area contributed by atoms with E-state index in [1.807, 2.05) is 0 Å². The molecule has 4 nitrogen and oxygen atoms in total. The predicted octanol–water partition coefficient (Wildman–Crippen LogP) is 1.90. The van der Waals surface area contributed by atoms with Gasteiger partial charge in [-0.3, -0.25) is 15.2 Å². The highest BCUT2D eigenvalue weighted by Crippen LogP contribution is 2.10. The van der Waals surface area contributed by atoms with Crippen molar-refractivity contribution in [1.29, 1.82) is 0 Å². The molecule has 2 N–H and O–H groups in total. The molecule has 0 radical (unpaired) electrons. The van der Waals surface area contributed by atoms with Crippen LogP contribution in [-0.2, 0) is 4.74 Å². The molecule has 18 heavy (non-hydrogen) atoms. The van der Waals surface area contributed by atoms with Crippen molar-refractivity contribution in [3.05, 3.63) is 0 Å². The van der Waals surface area contributed by atoms with Gasteiger partial charge in [0.25, 0.3) is 0 Å². The zero-order chi connectivity index (χ0) is 13.4. The van der Waals surface area contributed by atoms with Crippen LogP contribution in [0.5, 0.6) is 0 Å². The van der Waals surface area contributed by atoms with E-state index in [1.54, 1.807) is 7.11 Å². The molecular weight excluding hydrogens is 226 g/mol. The fourth-order valence-electron chi connectivity index (χ4n) is 2.38. The maximum atomic E-state index is 5.34. The molecule has 0 spiro atoms. The van der Waals surface area contributed by atoms with Gasteiger partial charge in [0.15, 0.2) is 6.23 Å². The van der Waals surface area contributed by atoms with Crippen LogP contribution < -0.4 is 10.6 Å². The van der Waals surface area contributed by atoms with Gasteiger partial charge in [0.1, 0.15) is 0 Å². The first-order valence-corrected chi connectivity index (χ1v) is 7.42. The molecule has 4 heteroatoms. The Bertz CT molecular complexity index is 266. The van der Waals surface area contributed by atoms with Gasteiger partial charge in [-0.1, -0.05) is 33.6 Å². The molecule has 2 rings (SSSR count). The second-order valence-electron chi connectivity index (χ2n) is 5.12. The van der Waals surface area contributed by atoms with Crippen molar-refractivity contribution in [2.75, 3.05) is 20.2 Å². The molecule has 0 aromatic heterocycles. The fourth-order valence-corrected chi connectivity index (χ4v) is 2.38. The second kappa shape index (κ2) is 8.35. The highest BCUT2D eigenvalue weighted by Gasteiger charge is 2.31. The van der Waals surface area contributed by atoms with Gasteiger partial charge in [0.2, 0.25) is 0 Å². The fraction of sp³-hybridized carbons (Fsp3) is 0.929. The topological polar surface area (TPSA) is 36.3 Å². The lowest BCUT2D eigenvalue weighted by Crippen LogP contribution is -2.59. The third kappa shape index (κ3) is 4.48. The molecule has 0 aromatic rings. The summed E-state index contributed by atoms with van der Waals surface area (Å²) in [6.07, 6.45) is 6.27. The zero-order valence-corrected chi connectivity index (χ0v) is 12.5. The molecule has 0 amide bonds. The van der Waals surface area contributed by atoms with Crippen LogP contribution in [0.3, 0.4) is 0 Å². The molecule has 0 fully saturated rings. The molecule has 2 unspecified atom stereocenters. The third-order valence-corrected chi connectivity index (χ3v) is 3.29. The first kappa shape index (κ1) is 15.3. The van der Waals surface area contributed by atoms with Gasteiger partial charge in [0.05, 0.1) is 19.1 Å². The van der Waals surface area contributed by atoms with Crippen molar-refractivity contribution >= 4 is 5.96 Å². The number of guanidine groups is 1. The lowest BCUT2D eigenvalue weighted by atomic mass is 10.1. The van der Waals surface area contributed by atoms with E-state index in [0.717, 1.165) is 13.0 Å². The Morgan fingerprint density at radius 3 is 2.44 bits per heavy atom. The van der Waals surface area contributed by atoms with Gasteiger partial charge in [-0.2, -0.15) is 0 Å². The van der Waals surface area contributed by atoms with E-state index in [1.165, 1.54) is 38.2 Å². The van der Waals surface area contributed by atoms with Crippen LogP contribution in [0.2, 0.25) is 0 Å². The monoisotopic (exact) mass is 256 g/mol. The lowest BCUT2D eigenvalue weighted by molar-refractivity contribution is -0.544. The van der Waals surface area contributed by atoms with Gasteiger partial charge in [-0.05, 0) is 6.42 Å². The van der Waals surface area contributed by atoms with E-state index in [4.69, 9.17) is 4.74 Å². The number of hydrogen-bond donors (Lipinski definition) is 2. The minimum atomic E-state index is 0.184. The average molecular weight is 256 g/mol. The zero-order valence-electron chi connectivity index (χ0n) is 12.5. The molecule has 0 bridgehead atoms. The van der Waals surface area contributed by atoms with Crippen molar-refractivity contribution in [1.82, 2.24) is 10.6 Å². The molecule has 0 saturated heterocycles. The number of methoxy groups -OCH3 is 1. The normalized spacial score (nSPS) is 26.4. The summed E-state index contributed by atoms with van der Waals surface area (Å²) >= 11 is 0. The van der Waals surface area contributed by atoms with Crippen molar-refractivity contribution in [2.24, 2.45) is 0 Å². The third-order valence-electron chi connectivity index (χ3n) is 3.29. The van der Waals surface area contributed by atoms with Crippen molar-refractivity contribution < 1.29 is 9.31 Å². The number of rotatable bonds is 3. The van der Waals surface area contributed by atoms with Gasteiger partial charge >= 0.3 is 5.96 Å². The number of nitrogens with zero attached hydrogens (tertiary/aromatic N) is 1. The Hall–Kier alpha value is -0.770. The first-order chi connectivity index (χ1) is 8.74. The quantitative estimate of drug-likeness (QED) is 0.757. The number of hydrogen-bond acceptors (Lipinski definition) is 3. The summed E-state index contributed by atoms with van der Waals surface area (Å²) in [4.78, 5) is 0. The molecule has 2 atom stereocenters. The summed E-state index contributed by atoms with van der Waals surface area (Å²) < 4.78 is 7.73. The van der Waals surface area contributed by atoms with Crippen LogP contribution >= 0.6 is 0 Å². The van der Waals surface area contributed by atoms with Gasteiger partial charge in [-0.15, -0.1) is 0 Å². The highest BCUT2D eigenvalue weighted by molar-refractivity contribution is 5.76. The maximum Gasteiger partial charge on any atom is 0.348 e. The molecule has 2 aliphatic heterocycles. The maximum absolute atomic E-state index is 5.34. The molecule has 0 aromatic carbocycles. The summed E-state index contributed by atoms with van der Waals surface area (Å²) in [7, 11) is 1.76. The summed E-state index contributed by atoms with van der Waals surface area (Å²) in [6, 6.07) is 0.643. The summed E-state index contributed by atoms with van der Waals surface area (Å²) in [5.41, 5.74) is 0. The number of ether oxygens (including phenoxy) is 1. The first-order valence-electron chi connectivity index (χ1n) is 7.42. The van der Waals surface area contributed by atoms with E-state index in [9.17, 15) is 0 Å². The average Bonchev–Trinajstić information content (AvgIpc) is 2.39. The van der Waals surface area contributed by atoms with Crippen LogP contribution in [0.4, 0.5) is 0 Å². The molecular formula is C14H30N3O+. The molecule has 0 saturated carbocycles. The van der Waals surface area contributed by atoms with E-state index in [2.05, 4.69) is 36.0 Å². The van der Waals surface area contributed by atoms with Crippen molar-refractivity contribution in [3.8, 4) is 0 Å². The largest absolute Gasteiger partial charge is 0.349 e. The Morgan fingerprint density at radius 2 is 1.83 bits per heavy atom. The minimum absolute atomic E-state index is 0.184. The lowest BCUT2D eigenvalue weighted by Gasteiger charge is -2.30. The molecule has 2 heterocycles. The minimum Gasteiger partial charge on any atom is -0.349 e. The standard InChI is InChI=1S/C11H21N3O.C3H8/c1-3-4-9-5-7-14-8-6-10(15-2)13-11(14)12-9;1-3-2/h9-10H,3-8H2,1-2H3,(H,12,13);3H2,1-2H3/p+1. The van der Waals surface area contributed by atoms with Gasteiger partial charge in [-0.25, -0.2) is 0 Å². The van der Waals surface area contributed by atoms with Crippen LogP contribution in [0.1, 0.15) is 52.9 Å². The summed E-state index contributed by atoms with van der Waals surface area (Å²) in [5, 5.41) is 6.97. The molecule has 0 aliphatic carbocycles. The van der Waals surface area contributed by atoms with Crippen molar-refractivity contribution in [2.45, 2.75) is 65.1 Å². The smallest absolute Gasteiger partial charge is 0.348 e. The summed E-state index contributed by atoms with van der Waals surface area (Å²) in [5.74, 6) is 1.18. The molecule has 106 valence electrons. The molecule has 2 aliphatic rings. The Labute approximate surface area is 112 Å². The number of nitrogens with one attached hydrogen (secondary N) is 2. The van der Waals surface area contributed by atoms with E-state index in [-0.39, 0.29) is 6.23 Å². The Morgan fingerprint density at radius 1 is 1.17 bits per heavy atom.